The van der Waals surface area contributed by atoms with Crippen LogP contribution in [0, 0.1) is 11.3 Å². The summed E-state index contributed by atoms with van der Waals surface area (Å²) >= 11 is 0. The summed E-state index contributed by atoms with van der Waals surface area (Å²) in [6, 6.07) is 8.68. The van der Waals surface area contributed by atoms with E-state index in [1.54, 1.807) is 0 Å². The van der Waals surface area contributed by atoms with E-state index in [1.165, 1.54) is 11.1 Å². The molecule has 0 bridgehead atoms. The Hall–Kier alpha value is -0.850. The molecule has 3 aliphatic rings. The molecule has 1 spiro atoms. The van der Waals surface area contributed by atoms with Crippen molar-refractivity contribution in [1.29, 1.82) is 0 Å². The van der Waals surface area contributed by atoms with Crippen LogP contribution in [0.15, 0.2) is 24.3 Å². The number of benzene rings is 1. The molecular formula is C22H35Cl2N3O2. The van der Waals surface area contributed by atoms with Gasteiger partial charge in [0.15, 0.2) is 0 Å². The normalized spacial score (nSPS) is 28.1. The van der Waals surface area contributed by atoms with Crippen molar-refractivity contribution >= 4 is 30.7 Å². The van der Waals surface area contributed by atoms with Crippen molar-refractivity contribution in [2.75, 3.05) is 26.2 Å². The van der Waals surface area contributed by atoms with Gasteiger partial charge in [0.05, 0.1) is 12.2 Å². The third kappa shape index (κ3) is 6.08. The van der Waals surface area contributed by atoms with Crippen LogP contribution in [0.5, 0.6) is 0 Å². The molecule has 29 heavy (non-hydrogen) atoms. The summed E-state index contributed by atoms with van der Waals surface area (Å²) in [7, 11) is 0. The van der Waals surface area contributed by atoms with Crippen molar-refractivity contribution in [3.05, 3.63) is 35.4 Å². The monoisotopic (exact) mass is 443 g/mol. The lowest BCUT2D eigenvalue weighted by Crippen LogP contribution is -2.44. The molecule has 5 nitrogen and oxygen atoms in total. The predicted octanol–water partition coefficient (Wildman–Crippen LogP) is 3.15. The second-order valence-corrected chi connectivity index (χ2v) is 8.85. The van der Waals surface area contributed by atoms with Crippen LogP contribution >= 0.6 is 24.8 Å². The Kier molecular flexibility index (Phi) is 8.80. The van der Waals surface area contributed by atoms with E-state index >= 15 is 0 Å². The number of amides is 1. The number of nitrogens with zero attached hydrogens (tertiary/aromatic N) is 1. The lowest BCUT2D eigenvalue weighted by molar-refractivity contribution is -0.123. The number of carbonyl (C=O) groups is 1. The predicted molar refractivity (Wildman–Crippen MR) is 121 cm³/mol. The first-order chi connectivity index (χ1) is 13.0. The molecule has 1 aromatic rings. The molecule has 1 aromatic carbocycles. The molecule has 164 valence electrons. The van der Waals surface area contributed by atoms with Gasteiger partial charge in [-0.3, -0.25) is 9.69 Å². The lowest BCUT2D eigenvalue weighted by Gasteiger charge is -2.35. The van der Waals surface area contributed by atoms with Crippen LogP contribution < -0.4 is 10.6 Å². The maximum Gasteiger partial charge on any atom is 0.223 e. The van der Waals surface area contributed by atoms with Crippen LogP contribution in [0.3, 0.4) is 0 Å². The molecule has 1 saturated carbocycles. The van der Waals surface area contributed by atoms with Crippen molar-refractivity contribution in [3.8, 4) is 0 Å². The minimum atomic E-state index is 0. The topological polar surface area (TPSA) is 53.6 Å². The van der Waals surface area contributed by atoms with Gasteiger partial charge < -0.3 is 15.4 Å². The zero-order chi connectivity index (χ0) is 18.9. The fraction of sp³-hybridized carbons (Fsp3) is 0.682. The summed E-state index contributed by atoms with van der Waals surface area (Å²) < 4.78 is 5.81. The number of hydrogen-bond donors (Lipinski definition) is 2. The molecule has 3 unspecified atom stereocenters. The Morgan fingerprint density at radius 1 is 1.10 bits per heavy atom. The number of morpholine rings is 1. The summed E-state index contributed by atoms with van der Waals surface area (Å²) in [5.41, 5.74) is 2.81. The van der Waals surface area contributed by atoms with Crippen molar-refractivity contribution in [1.82, 2.24) is 15.5 Å². The Balaban J connectivity index is 0.00000150. The van der Waals surface area contributed by atoms with Gasteiger partial charge in [0, 0.05) is 32.1 Å². The van der Waals surface area contributed by atoms with Gasteiger partial charge in [-0.05, 0) is 62.7 Å². The van der Waals surface area contributed by atoms with Gasteiger partial charge in [-0.15, -0.1) is 24.8 Å². The number of hydrogen-bond acceptors (Lipinski definition) is 4. The molecule has 2 heterocycles. The molecule has 3 atom stereocenters. The highest BCUT2D eigenvalue weighted by atomic mass is 35.5. The maximum atomic E-state index is 12.5. The number of halogens is 2. The van der Waals surface area contributed by atoms with E-state index in [1.807, 2.05) is 0 Å². The second-order valence-electron chi connectivity index (χ2n) is 8.85. The van der Waals surface area contributed by atoms with Crippen molar-refractivity contribution < 1.29 is 9.53 Å². The van der Waals surface area contributed by atoms with Gasteiger partial charge in [0.25, 0.3) is 0 Å². The first kappa shape index (κ1) is 24.4. The van der Waals surface area contributed by atoms with Crippen LogP contribution in [0.1, 0.15) is 44.2 Å². The fourth-order valence-corrected chi connectivity index (χ4v) is 4.94. The minimum Gasteiger partial charge on any atom is -0.373 e. The smallest absolute Gasteiger partial charge is 0.223 e. The molecule has 4 rings (SSSR count). The SMILES string of the molecule is CC1CN(Cc2ccc(CNC(=O)C3CC34CCNCC4)cc2)CC(C)O1.Cl.Cl. The number of nitrogens with one attached hydrogen (secondary N) is 2. The third-order valence-electron chi connectivity index (χ3n) is 6.50. The van der Waals surface area contributed by atoms with Gasteiger partial charge in [-0.2, -0.15) is 0 Å². The third-order valence-corrected chi connectivity index (χ3v) is 6.50. The standard InChI is InChI=1S/C22H33N3O2.2ClH/c1-16-13-25(14-17(2)27-16)15-19-5-3-18(4-6-19)12-24-21(26)20-11-22(20)7-9-23-10-8-22;;/h3-6,16-17,20,23H,7-15H2,1-2H3,(H,24,26);2*1H. The quantitative estimate of drug-likeness (QED) is 0.733. The van der Waals surface area contributed by atoms with Gasteiger partial charge in [-0.25, -0.2) is 0 Å². The Morgan fingerprint density at radius 2 is 1.69 bits per heavy atom. The molecule has 3 fully saturated rings. The number of piperidine rings is 1. The highest BCUT2D eigenvalue weighted by Gasteiger charge is 2.57. The molecule has 2 saturated heterocycles. The maximum absolute atomic E-state index is 12.5. The molecule has 1 amide bonds. The van der Waals surface area contributed by atoms with Crippen molar-refractivity contribution in [2.24, 2.45) is 11.3 Å². The first-order valence-corrected chi connectivity index (χ1v) is 10.5. The minimum absolute atomic E-state index is 0. The zero-order valence-corrected chi connectivity index (χ0v) is 19.1. The number of carbonyl (C=O) groups excluding carboxylic acids is 1. The second kappa shape index (κ2) is 10.5. The van der Waals surface area contributed by atoms with E-state index in [2.05, 4.69) is 53.6 Å². The Labute approximate surface area is 187 Å². The Morgan fingerprint density at radius 3 is 2.31 bits per heavy atom. The molecule has 0 radical (unpaired) electrons. The Bertz CT molecular complexity index is 655. The van der Waals surface area contributed by atoms with E-state index in [-0.39, 0.29) is 36.6 Å². The van der Waals surface area contributed by atoms with Crippen molar-refractivity contribution in [3.63, 3.8) is 0 Å². The average Bonchev–Trinajstić information content (AvgIpc) is 3.33. The highest BCUT2D eigenvalue weighted by molar-refractivity contribution is 5.85. The van der Waals surface area contributed by atoms with Crippen LogP contribution in [-0.2, 0) is 22.6 Å². The van der Waals surface area contributed by atoms with E-state index in [0.717, 1.165) is 52.0 Å². The summed E-state index contributed by atoms with van der Waals surface area (Å²) in [5.74, 6) is 0.487. The first-order valence-electron chi connectivity index (χ1n) is 10.5. The zero-order valence-electron chi connectivity index (χ0n) is 17.5. The molecule has 7 heteroatoms. The summed E-state index contributed by atoms with van der Waals surface area (Å²) in [4.78, 5) is 15.0. The largest absolute Gasteiger partial charge is 0.373 e. The fourth-order valence-electron chi connectivity index (χ4n) is 4.94. The summed E-state index contributed by atoms with van der Waals surface area (Å²) in [6.07, 6.45) is 3.98. The average molecular weight is 444 g/mol. The van der Waals surface area contributed by atoms with Crippen LogP contribution in [0.25, 0.3) is 0 Å². The van der Waals surface area contributed by atoms with E-state index in [0.29, 0.717) is 24.2 Å². The molecule has 2 N–H and O–H groups in total. The van der Waals surface area contributed by atoms with Crippen LogP contribution in [0.4, 0.5) is 0 Å². The molecule has 2 aliphatic heterocycles. The van der Waals surface area contributed by atoms with Gasteiger partial charge >= 0.3 is 0 Å². The van der Waals surface area contributed by atoms with E-state index < -0.39 is 0 Å². The van der Waals surface area contributed by atoms with Gasteiger partial charge in [-0.1, -0.05) is 24.3 Å². The highest BCUT2D eigenvalue weighted by Crippen LogP contribution is 2.58. The molecule has 0 aromatic heterocycles. The van der Waals surface area contributed by atoms with Gasteiger partial charge in [0.2, 0.25) is 5.91 Å². The van der Waals surface area contributed by atoms with Crippen molar-refractivity contribution in [2.45, 2.75) is 58.4 Å². The van der Waals surface area contributed by atoms with Crippen LogP contribution in [0.2, 0.25) is 0 Å². The lowest BCUT2D eigenvalue weighted by atomic mass is 9.92. The van der Waals surface area contributed by atoms with E-state index in [4.69, 9.17) is 4.74 Å². The summed E-state index contributed by atoms with van der Waals surface area (Å²) in [6.45, 7) is 9.98. The summed E-state index contributed by atoms with van der Waals surface area (Å²) in [5, 5.41) is 6.55. The number of ether oxygens (including phenoxy) is 1. The van der Waals surface area contributed by atoms with Gasteiger partial charge in [0.1, 0.15) is 0 Å². The molecule has 1 aliphatic carbocycles. The van der Waals surface area contributed by atoms with E-state index in [9.17, 15) is 4.79 Å². The van der Waals surface area contributed by atoms with Crippen LogP contribution in [-0.4, -0.2) is 49.2 Å². The molecular weight excluding hydrogens is 409 g/mol. The number of rotatable bonds is 5.